The maximum Gasteiger partial charge on any atom is 0.257 e. The molecule has 0 radical (unpaired) electrons. The predicted octanol–water partition coefficient (Wildman–Crippen LogP) is 2.15. The average Bonchev–Trinajstić information content (AvgIpc) is 2.55. The zero-order valence-corrected chi connectivity index (χ0v) is 13.9. The van der Waals surface area contributed by atoms with Crippen LogP contribution in [-0.4, -0.2) is 42.1 Å². The van der Waals surface area contributed by atoms with Gasteiger partial charge in [-0.05, 0) is 43.7 Å². The molecule has 0 unspecified atom stereocenters. The Hall–Kier alpha value is -2.34. The van der Waals surface area contributed by atoms with E-state index in [1.807, 2.05) is 14.0 Å². The molecule has 0 fully saturated rings. The summed E-state index contributed by atoms with van der Waals surface area (Å²) in [6.45, 7) is 4.44. The van der Waals surface area contributed by atoms with Crippen molar-refractivity contribution in [3.8, 4) is 17.1 Å². The highest BCUT2D eigenvalue weighted by Crippen LogP contribution is 2.32. The van der Waals surface area contributed by atoms with E-state index in [0.29, 0.717) is 18.3 Å². The second kappa shape index (κ2) is 6.42. The van der Waals surface area contributed by atoms with E-state index in [1.54, 1.807) is 6.20 Å². The molecule has 0 atom stereocenters. The van der Waals surface area contributed by atoms with Crippen molar-refractivity contribution in [1.82, 2.24) is 14.9 Å². The first-order chi connectivity index (χ1) is 11.1. The summed E-state index contributed by atoms with van der Waals surface area (Å²) >= 11 is 0. The van der Waals surface area contributed by atoms with Gasteiger partial charge in [-0.2, -0.15) is 0 Å². The molecule has 0 aliphatic carbocycles. The second-order valence-corrected chi connectivity index (χ2v) is 5.78. The maximum atomic E-state index is 5.82. The van der Waals surface area contributed by atoms with Crippen LogP contribution in [0.1, 0.15) is 18.1 Å². The molecule has 0 spiro atoms. The number of nitrogen functional groups attached to an aromatic ring is 1. The van der Waals surface area contributed by atoms with Gasteiger partial charge in [0, 0.05) is 31.4 Å². The number of benzene rings is 1. The Kier molecular flexibility index (Phi) is 4.34. The summed E-state index contributed by atoms with van der Waals surface area (Å²) in [6.07, 6.45) is 2.76. The van der Waals surface area contributed by atoms with Crippen molar-refractivity contribution in [2.24, 2.45) is 0 Å². The topological polar surface area (TPSA) is 76.3 Å². The SMILES string of the molecule is CCOc1nc(-c2cc3c(c(NC)c2)CCN(C)C3)cnc1N. The number of nitrogens with two attached hydrogens (primary N) is 1. The predicted molar refractivity (Wildman–Crippen MR) is 92.6 cm³/mol. The molecule has 122 valence electrons. The summed E-state index contributed by atoms with van der Waals surface area (Å²) in [5.74, 6) is 0.716. The lowest BCUT2D eigenvalue weighted by Gasteiger charge is -2.27. The van der Waals surface area contributed by atoms with Crippen molar-refractivity contribution in [2.45, 2.75) is 19.9 Å². The standard InChI is InChI=1S/C17H23N5O/c1-4-23-17-16(18)20-9-15(21-17)11-7-12-10-22(3)6-5-13(12)14(8-11)19-2/h7-9,19H,4-6,10H2,1-3H3,(H2,18,20). The molecule has 1 aliphatic heterocycles. The molecular weight excluding hydrogens is 290 g/mol. The van der Waals surface area contributed by atoms with Gasteiger partial charge in [-0.1, -0.05) is 0 Å². The highest BCUT2D eigenvalue weighted by molar-refractivity contribution is 5.70. The van der Waals surface area contributed by atoms with Crippen LogP contribution in [0.5, 0.6) is 5.88 Å². The van der Waals surface area contributed by atoms with Crippen LogP contribution in [0.4, 0.5) is 11.5 Å². The van der Waals surface area contributed by atoms with Crippen LogP contribution in [0, 0.1) is 0 Å². The molecule has 3 rings (SSSR count). The van der Waals surface area contributed by atoms with E-state index < -0.39 is 0 Å². The van der Waals surface area contributed by atoms with E-state index in [9.17, 15) is 0 Å². The van der Waals surface area contributed by atoms with Crippen LogP contribution in [0.15, 0.2) is 18.3 Å². The van der Waals surface area contributed by atoms with Gasteiger partial charge in [-0.3, -0.25) is 0 Å². The summed E-state index contributed by atoms with van der Waals surface area (Å²) in [7, 11) is 4.10. The number of hydrogen-bond acceptors (Lipinski definition) is 6. The summed E-state index contributed by atoms with van der Waals surface area (Å²) < 4.78 is 5.46. The highest BCUT2D eigenvalue weighted by Gasteiger charge is 2.18. The van der Waals surface area contributed by atoms with Gasteiger partial charge < -0.3 is 20.7 Å². The first-order valence-corrected chi connectivity index (χ1v) is 7.90. The molecule has 0 bridgehead atoms. The van der Waals surface area contributed by atoms with Gasteiger partial charge in [0.1, 0.15) is 0 Å². The number of rotatable bonds is 4. The molecule has 2 aromatic rings. The number of ether oxygens (including phenoxy) is 1. The summed E-state index contributed by atoms with van der Waals surface area (Å²) in [5.41, 5.74) is 11.5. The molecule has 2 heterocycles. The van der Waals surface area contributed by atoms with Gasteiger partial charge in [0.25, 0.3) is 5.88 Å². The van der Waals surface area contributed by atoms with Gasteiger partial charge >= 0.3 is 0 Å². The Morgan fingerprint density at radius 2 is 2.22 bits per heavy atom. The fourth-order valence-electron chi connectivity index (χ4n) is 2.98. The maximum absolute atomic E-state index is 5.82. The highest BCUT2D eigenvalue weighted by atomic mass is 16.5. The molecule has 0 amide bonds. The van der Waals surface area contributed by atoms with Crippen molar-refractivity contribution in [3.05, 3.63) is 29.5 Å². The third-order valence-electron chi connectivity index (χ3n) is 4.14. The van der Waals surface area contributed by atoms with E-state index in [-0.39, 0.29) is 0 Å². The Bertz CT molecular complexity index is 716. The number of nitrogens with one attached hydrogen (secondary N) is 1. The van der Waals surface area contributed by atoms with E-state index in [1.165, 1.54) is 11.1 Å². The molecular formula is C17H23N5O. The van der Waals surface area contributed by atoms with Crippen molar-refractivity contribution >= 4 is 11.5 Å². The number of likely N-dealkylation sites (N-methyl/N-ethyl adjacent to an activating group) is 1. The largest absolute Gasteiger partial charge is 0.475 e. The van der Waals surface area contributed by atoms with Crippen LogP contribution in [-0.2, 0) is 13.0 Å². The minimum Gasteiger partial charge on any atom is -0.475 e. The minimum absolute atomic E-state index is 0.321. The van der Waals surface area contributed by atoms with E-state index in [2.05, 4.69) is 39.4 Å². The van der Waals surface area contributed by atoms with E-state index in [0.717, 1.165) is 36.5 Å². The number of anilines is 2. The van der Waals surface area contributed by atoms with Crippen LogP contribution in [0.25, 0.3) is 11.3 Å². The van der Waals surface area contributed by atoms with Crippen LogP contribution >= 0.6 is 0 Å². The third-order valence-corrected chi connectivity index (χ3v) is 4.14. The smallest absolute Gasteiger partial charge is 0.257 e. The van der Waals surface area contributed by atoms with Crippen LogP contribution < -0.4 is 15.8 Å². The molecule has 6 nitrogen and oxygen atoms in total. The lowest BCUT2D eigenvalue weighted by molar-refractivity contribution is 0.313. The Labute approximate surface area is 136 Å². The van der Waals surface area contributed by atoms with Crippen LogP contribution in [0.3, 0.4) is 0 Å². The van der Waals surface area contributed by atoms with Gasteiger partial charge in [-0.25, -0.2) is 9.97 Å². The molecule has 23 heavy (non-hydrogen) atoms. The second-order valence-electron chi connectivity index (χ2n) is 5.78. The molecule has 1 aromatic heterocycles. The first-order valence-electron chi connectivity index (χ1n) is 7.90. The fraction of sp³-hybridized carbons (Fsp3) is 0.412. The van der Waals surface area contributed by atoms with Crippen molar-refractivity contribution in [2.75, 3.05) is 38.3 Å². The molecule has 6 heteroatoms. The van der Waals surface area contributed by atoms with E-state index >= 15 is 0 Å². The fourth-order valence-corrected chi connectivity index (χ4v) is 2.98. The Morgan fingerprint density at radius 1 is 1.39 bits per heavy atom. The number of fused-ring (bicyclic) bond motifs is 1. The molecule has 1 aliphatic rings. The van der Waals surface area contributed by atoms with Crippen LogP contribution in [0.2, 0.25) is 0 Å². The number of nitrogens with zero attached hydrogens (tertiary/aromatic N) is 3. The minimum atomic E-state index is 0.321. The lowest BCUT2D eigenvalue weighted by atomic mass is 9.94. The van der Waals surface area contributed by atoms with Gasteiger partial charge in [0.05, 0.1) is 18.5 Å². The van der Waals surface area contributed by atoms with Gasteiger partial charge in [0.15, 0.2) is 5.82 Å². The van der Waals surface area contributed by atoms with E-state index in [4.69, 9.17) is 10.5 Å². The molecule has 1 aromatic carbocycles. The third kappa shape index (κ3) is 3.07. The number of aromatic nitrogens is 2. The summed E-state index contributed by atoms with van der Waals surface area (Å²) in [6, 6.07) is 4.32. The quantitative estimate of drug-likeness (QED) is 0.901. The monoisotopic (exact) mass is 313 g/mol. The zero-order chi connectivity index (χ0) is 16.4. The first kappa shape index (κ1) is 15.6. The summed E-state index contributed by atoms with van der Waals surface area (Å²) in [5, 5.41) is 3.31. The number of hydrogen-bond donors (Lipinski definition) is 2. The molecule has 0 saturated heterocycles. The van der Waals surface area contributed by atoms with Crippen molar-refractivity contribution in [1.29, 1.82) is 0 Å². The van der Waals surface area contributed by atoms with Gasteiger partial charge in [-0.15, -0.1) is 0 Å². The Balaban J connectivity index is 2.06. The normalized spacial score (nSPS) is 14.4. The summed E-state index contributed by atoms with van der Waals surface area (Å²) in [4.78, 5) is 11.1. The van der Waals surface area contributed by atoms with Crippen molar-refractivity contribution in [3.63, 3.8) is 0 Å². The van der Waals surface area contributed by atoms with Crippen molar-refractivity contribution < 1.29 is 4.74 Å². The zero-order valence-electron chi connectivity index (χ0n) is 13.9. The molecule has 3 N–H and O–H groups in total. The average molecular weight is 313 g/mol. The lowest BCUT2D eigenvalue weighted by Crippen LogP contribution is -2.27. The van der Waals surface area contributed by atoms with Gasteiger partial charge in [0.2, 0.25) is 0 Å². The Morgan fingerprint density at radius 3 is 2.96 bits per heavy atom. The molecule has 0 saturated carbocycles.